The van der Waals surface area contributed by atoms with E-state index in [1.807, 2.05) is 35.2 Å². The summed E-state index contributed by atoms with van der Waals surface area (Å²) in [7, 11) is 1.54. The average molecular weight is 383 g/mol. The zero-order valence-corrected chi connectivity index (χ0v) is 15.9. The first-order valence-corrected chi connectivity index (χ1v) is 9.24. The number of piperidine rings is 1. The summed E-state index contributed by atoms with van der Waals surface area (Å²) < 4.78 is 5.10. The Morgan fingerprint density at radius 1 is 1.11 bits per heavy atom. The first-order chi connectivity index (χ1) is 13.5. The van der Waals surface area contributed by atoms with Gasteiger partial charge in [0.1, 0.15) is 5.75 Å². The summed E-state index contributed by atoms with van der Waals surface area (Å²) in [6, 6.07) is 15.9. The van der Waals surface area contributed by atoms with Crippen molar-refractivity contribution in [2.75, 3.05) is 32.1 Å². The van der Waals surface area contributed by atoms with Gasteiger partial charge in [-0.2, -0.15) is 0 Å². The molecule has 1 aliphatic rings. The van der Waals surface area contributed by atoms with Crippen LogP contribution in [0.15, 0.2) is 54.6 Å². The SMILES string of the molecule is COc1cccc(NC(=O)NC(=O)CN2CCC(O)(c3ccccc3)CC2)c1. The van der Waals surface area contributed by atoms with E-state index in [0.29, 0.717) is 37.4 Å². The Balaban J connectivity index is 1.46. The van der Waals surface area contributed by atoms with Gasteiger partial charge in [-0.25, -0.2) is 4.79 Å². The Morgan fingerprint density at radius 2 is 1.82 bits per heavy atom. The van der Waals surface area contributed by atoms with Crippen molar-refractivity contribution < 1.29 is 19.4 Å². The molecule has 1 saturated heterocycles. The fourth-order valence-corrected chi connectivity index (χ4v) is 3.35. The Hall–Kier alpha value is -2.90. The molecule has 1 fully saturated rings. The lowest BCUT2D eigenvalue weighted by molar-refractivity contribution is -0.122. The van der Waals surface area contributed by atoms with E-state index < -0.39 is 11.6 Å². The number of ether oxygens (including phenoxy) is 1. The van der Waals surface area contributed by atoms with Crippen LogP contribution in [0.2, 0.25) is 0 Å². The molecular formula is C21H25N3O4. The van der Waals surface area contributed by atoms with Gasteiger partial charge >= 0.3 is 6.03 Å². The predicted molar refractivity (Wildman–Crippen MR) is 106 cm³/mol. The minimum atomic E-state index is -0.863. The number of urea groups is 1. The van der Waals surface area contributed by atoms with E-state index in [1.165, 1.54) is 0 Å². The van der Waals surface area contributed by atoms with Crippen LogP contribution in [0.5, 0.6) is 5.75 Å². The Labute approximate surface area is 164 Å². The van der Waals surface area contributed by atoms with Gasteiger partial charge in [0.05, 0.1) is 19.3 Å². The lowest BCUT2D eigenvalue weighted by Crippen LogP contribution is -2.47. The van der Waals surface area contributed by atoms with E-state index in [9.17, 15) is 14.7 Å². The van der Waals surface area contributed by atoms with Crippen molar-refractivity contribution in [1.82, 2.24) is 10.2 Å². The van der Waals surface area contributed by atoms with Gasteiger partial charge in [0.25, 0.3) is 0 Å². The summed E-state index contributed by atoms with van der Waals surface area (Å²) in [6.07, 6.45) is 1.08. The van der Waals surface area contributed by atoms with E-state index in [0.717, 1.165) is 5.56 Å². The maximum absolute atomic E-state index is 12.2. The lowest BCUT2D eigenvalue weighted by Gasteiger charge is -2.38. The highest BCUT2D eigenvalue weighted by Crippen LogP contribution is 2.32. The molecule has 148 valence electrons. The third kappa shape index (κ3) is 5.09. The zero-order chi connectivity index (χ0) is 20.0. The summed E-state index contributed by atoms with van der Waals surface area (Å²) in [5, 5.41) is 15.8. The molecule has 0 saturated carbocycles. The van der Waals surface area contributed by atoms with Crippen LogP contribution in [0.4, 0.5) is 10.5 Å². The second kappa shape index (κ2) is 8.86. The Kier molecular flexibility index (Phi) is 6.28. The van der Waals surface area contributed by atoms with Crippen molar-refractivity contribution in [2.24, 2.45) is 0 Å². The van der Waals surface area contributed by atoms with Gasteiger partial charge in [-0.1, -0.05) is 36.4 Å². The number of hydrogen-bond donors (Lipinski definition) is 3. The van der Waals surface area contributed by atoms with Gasteiger partial charge in [0.15, 0.2) is 0 Å². The third-order valence-corrected chi connectivity index (χ3v) is 4.94. The van der Waals surface area contributed by atoms with Crippen molar-refractivity contribution in [3.63, 3.8) is 0 Å². The summed E-state index contributed by atoms with van der Waals surface area (Å²) in [5.41, 5.74) is 0.574. The highest BCUT2D eigenvalue weighted by atomic mass is 16.5. The fourth-order valence-electron chi connectivity index (χ4n) is 3.35. The number of carbonyl (C=O) groups is 2. The highest BCUT2D eigenvalue weighted by molar-refractivity contribution is 6.01. The summed E-state index contributed by atoms with van der Waals surface area (Å²) in [4.78, 5) is 26.1. The van der Waals surface area contributed by atoms with E-state index >= 15 is 0 Å². The third-order valence-electron chi connectivity index (χ3n) is 4.94. The molecule has 0 atom stereocenters. The number of hydrogen-bond acceptors (Lipinski definition) is 5. The maximum Gasteiger partial charge on any atom is 0.325 e. The van der Waals surface area contributed by atoms with E-state index in [-0.39, 0.29) is 12.5 Å². The number of amides is 3. The van der Waals surface area contributed by atoms with Crippen LogP contribution in [0.3, 0.4) is 0 Å². The van der Waals surface area contributed by atoms with Crippen molar-refractivity contribution in [2.45, 2.75) is 18.4 Å². The number of aliphatic hydroxyl groups is 1. The second-order valence-corrected chi connectivity index (χ2v) is 6.91. The Morgan fingerprint density at radius 3 is 2.50 bits per heavy atom. The van der Waals surface area contributed by atoms with Crippen LogP contribution in [-0.4, -0.2) is 48.7 Å². The standard InChI is InChI=1S/C21H25N3O4/c1-28-18-9-5-8-17(14-18)22-20(26)23-19(25)15-24-12-10-21(27,11-13-24)16-6-3-2-4-7-16/h2-9,14,27H,10-13,15H2,1H3,(H2,22,23,25,26). The highest BCUT2D eigenvalue weighted by Gasteiger charge is 2.34. The van der Waals surface area contributed by atoms with Crippen LogP contribution in [0.1, 0.15) is 18.4 Å². The number of anilines is 1. The van der Waals surface area contributed by atoms with Crippen molar-refractivity contribution in [3.8, 4) is 5.75 Å². The molecule has 7 nitrogen and oxygen atoms in total. The van der Waals surface area contributed by atoms with Crippen LogP contribution in [0.25, 0.3) is 0 Å². The molecule has 0 radical (unpaired) electrons. The smallest absolute Gasteiger partial charge is 0.325 e. The van der Waals surface area contributed by atoms with Gasteiger partial charge in [0, 0.05) is 24.8 Å². The fraction of sp³-hybridized carbons (Fsp3) is 0.333. The van der Waals surface area contributed by atoms with Gasteiger partial charge < -0.3 is 15.2 Å². The number of benzene rings is 2. The number of rotatable bonds is 5. The summed E-state index contributed by atoms with van der Waals surface area (Å²) in [6.45, 7) is 1.27. The molecule has 2 aromatic carbocycles. The molecule has 0 spiro atoms. The topological polar surface area (TPSA) is 90.9 Å². The second-order valence-electron chi connectivity index (χ2n) is 6.91. The number of nitrogens with zero attached hydrogens (tertiary/aromatic N) is 1. The largest absolute Gasteiger partial charge is 0.497 e. The molecule has 0 bridgehead atoms. The number of methoxy groups -OCH3 is 1. The Bertz CT molecular complexity index is 817. The lowest BCUT2D eigenvalue weighted by atomic mass is 9.84. The molecule has 0 aromatic heterocycles. The summed E-state index contributed by atoms with van der Waals surface area (Å²) in [5.74, 6) is 0.230. The average Bonchev–Trinajstić information content (AvgIpc) is 2.70. The van der Waals surface area contributed by atoms with Gasteiger partial charge in [-0.15, -0.1) is 0 Å². The van der Waals surface area contributed by atoms with Crippen molar-refractivity contribution in [3.05, 3.63) is 60.2 Å². The molecule has 3 amide bonds. The van der Waals surface area contributed by atoms with E-state index in [1.54, 1.807) is 31.4 Å². The molecule has 7 heteroatoms. The number of likely N-dealkylation sites (tertiary alicyclic amines) is 1. The van der Waals surface area contributed by atoms with Crippen molar-refractivity contribution >= 4 is 17.6 Å². The molecule has 3 rings (SSSR count). The van der Waals surface area contributed by atoms with Crippen LogP contribution in [-0.2, 0) is 10.4 Å². The summed E-state index contributed by atoms with van der Waals surface area (Å²) >= 11 is 0. The van der Waals surface area contributed by atoms with Crippen LogP contribution in [0, 0.1) is 0 Å². The number of imide groups is 1. The molecule has 28 heavy (non-hydrogen) atoms. The van der Waals surface area contributed by atoms with E-state index in [2.05, 4.69) is 10.6 Å². The molecule has 3 N–H and O–H groups in total. The monoisotopic (exact) mass is 383 g/mol. The first kappa shape index (κ1) is 19.9. The van der Waals surface area contributed by atoms with Gasteiger partial charge in [-0.3, -0.25) is 15.0 Å². The molecule has 2 aromatic rings. The first-order valence-electron chi connectivity index (χ1n) is 9.24. The van der Waals surface area contributed by atoms with Crippen LogP contribution < -0.4 is 15.4 Å². The maximum atomic E-state index is 12.2. The molecule has 0 aliphatic carbocycles. The normalized spacial score (nSPS) is 16.2. The molecular weight excluding hydrogens is 358 g/mol. The van der Waals surface area contributed by atoms with Gasteiger partial charge in [0.2, 0.25) is 5.91 Å². The zero-order valence-electron chi connectivity index (χ0n) is 15.9. The number of nitrogens with one attached hydrogen (secondary N) is 2. The molecule has 0 unspecified atom stereocenters. The van der Waals surface area contributed by atoms with Gasteiger partial charge in [-0.05, 0) is 30.5 Å². The predicted octanol–water partition coefficient (Wildman–Crippen LogP) is 2.33. The molecule has 1 aliphatic heterocycles. The van der Waals surface area contributed by atoms with E-state index in [4.69, 9.17) is 4.74 Å². The molecule has 1 heterocycles. The van der Waals surface area contributed by atoms with Crippen LogP contribution >= 0.6 is 0 Å². The number of carbonyl (C=O) groups excluding carboxylic acids is 2. The minimum absolute atomic E-state index is 0.108. The van der Waals surface area contributed by atoms with Crippen molar-refractivity contribution in [1.29, 1.82) is 0 Å². The minimum Gasteiger partial charge on any atom is -0.497 e. The quantitative estimate of drug-likeness (QED) is 0.737.